The predicted octanol–water partition coefficient (Wildman–Crippen LogP) is -5.98. The molecule has 0 aromatic rings. The Balaban J connectivity index is 2.03. The average Bonchev–Trinajstić information content (AvgIpc) is 2.98. The summed E-state index contributed by atoms with van der Waals surface area (Å²) in [5.41, 5.74) is 2.09. The predicted molar refractivity (Wildman–Crippen MR) is 72.8 cm³/mol. The molecule has 0 spiro atoms. The summed E-state index contributed by atoms with van der Waals surface area (Å²) in [5.74, 6) is -6.11. The average molecular weight is 353 g/mol. The number of aliphatic hydroxyl groups excluding tert-OH is 4. The topological polar surface area (TPSA) is 210 Å². The fourth-order valence-corrected chi connectivity index (χ4v) is 4.63. The van der Waals surface area contributed by atoms with E-state index in [0.717, 1.165) is 7.11 Å². The van der Waals surface area contributed by atoms with Gasteiger partial charge in [0.2, 0.25) is 0 Å². The minimum atomic E-state index is -3.24. The van der Waals surface area contributed by atoms with Crippen LogP contribution >= 0.6 is 0 Å². The van der Waals surface area contributed by atoms with E-state index in [2.05, 4.69) is 20.4 Å². The van der Waals surface area contributed by atoms with Crippen LogP contribution in [0, 0.1) is 17.8 Å². The molecule has 24 heavy (non-hydrogen) atoms. The fraction of sp³-hybridized carbons (Fsp3) is 1.00. The summed E-state index contributed by atoms with van der Waals surface area (Å²) >= 11 is 0. The number of hydrogen-bond acceptors (Lipinski definition) is 12. The molecule has 2 aliphatic carbocycles. The van der Waals surface area contributed by atoms with Crippen molar-refractivity contribution in [1.82, 2.24) is 10.6 Å². The second kappa shape index (κ2) is 5.51. The lowest BCUT2D eigenvalue weighted by Crippen LogP contribution is -2.82. The molecule has 12 nitrogen and oxygen atoms in total. The van der Waals surface area contributed by atoms with Crippen molar-refractivity contribution in [2.45, 2.75) is 41.8 Å². The summed E-state index contributed by atoms with van der Waals surface area (Å²) in [6, 6.07) is 0. The highest BCUT2D eigenvalue weighted by molar-refractivity contribution is 5.34. The summed E-state index contributed by atoms with van der Waals surface area (Å²) in [7, 11) is 0.979. The molecule has 0 aromatic carbocycles. The number of nitrogens with two attached hydrogens (primary N) is 1. The van der Waals surface area contributed by atoms with Gasteiger partial charge in [0.15, 0.2) is 6.10 Å². The van der Waals surface area contributed by atoms with Gasteiger partial charge in [0, 0.05) is 17.8 Å². The van der Waals surface area contributed by atoms with Crippen molar-refractivity contribution in [2.75, 3.05) is 13.7 Å². The Hall–Kier alpha value is -0.480. The monoisotopic (exact) mass is 353 g/mol. The largest absolute Gasteiger partial charge is 0.393 e. The molecule has 0 amide bonds. The first kappa shape index (κ1) is 18.3. The van der Waals surface area contributed by atoms with Crippen molar-refractivity contribution < 1.29 is 45.5 Å². The molecule has 3 aliphatic rings. The van der Waals surface area contributed by atoms with E-state index in [-0.39, 0.29) is 0 Å². The third-order valence-corrected chi connectivity index (χ3v) is 5.56. The number of hydrogen-bond donors (Lipinski definition) is 10. The van der Waals surface area contributed by atoms with Crippen LogP contribution in [0.1, 0.15) is 0 Å². The molecule has 3 fully saturated rings. The lowest BCUT2D eigenvalue weighted by atomic mass is 9.71. The van der Waals surface area contributed by atoms with Crippen LogP contribution in [-0.4, -0.2) is 91.3 Å². The van der Waals surface area contributed by atoms with Gasteiger partial charge in [0.25, 0.3) is 0 Å². The SMILES string of the molecule is COOC(O)(O)[C@@H](O)[C@@]12N[C@@H](N)N[C@@H](O)C1[C@@H]1C(C2O)C1(O)CO. The van der Waals surface area contributed by atoms with Gasteiger partial charge < -0.3 is 41.5 Å². The van der Waals surface area contributed by atoms with E-state index in [9.17, 15) is 35.7 Å². The van der Waals surface area contributed by atoms with Gasteiger partial charge in [-0.1, -0.05) is 0 Å². The molecule has 4 unspecified atom stereocenters. The number of nitrogens with one attached hydrogen (secondary N) is 2. The molecule has 0 radical (unpaired) electrons. The van der Waals surface area contributed by atoms with Crippen LogP contribution in [0.5, 0.6) is 0 Å². The first-order chi connectivity index (χ1) is 11.1. The third-order valence-electron chi connectivity index (χ3n) is 5.56. The minimum Gasteiger partial charge on any atom is -0.393 e. The maximum absolute atomic E-state index is 10.7. The van der Waals surface area contributed by atoms with E-state index in [4.69, 9.17) is 5.73 Å². The van der Waals surface area contributed by atoms with Gasteiger partial charge in [-0.3, -0.25) is 10.6 Å². The van der Waals surface area contributed by atoms with Crippen LogP contribution in [0.4, 0.5) is 0 Å². The highest BCUT2D eigenvalue weighted by atomic mass is 17.2. The molecule has 3 rings (SSSR count). The highest BCUT2D eigenvalue weighted by Crippen LogP contribution is 2.68. The van der Waals surface area contributed by atoms with E-state index in [1.165, 1.54) is 0 Å². The van der Waals surface area contributed by atoms with Crippen LogP contribution in [0.2, 0.25) is 0 Å². The summed E-state index contributed by atoms with van der Waals surface area (Å²) < 4.78 is 0. The van der Waals surface area contributed by atoms with Crippen LogP contribution in [-0.2, 0) is 9.78 Å². The molecule has 0 aromatic heterocycles. The Morgan fingerprint density at radius 3 is 2.42 bits per heavy atom. The molecule has 11 N–H and O–H groups in total. The molecule has 9 atom stereocenters. The van der Waals surface area contributed by atoms with Crippen molar-refractivity contribution in [3.05, 3.63) is 0 Å². The van der Waals surface area contributed by atoms with Gasteiger partial charge in [-0.2, -0.15) is 4.89 Å². The Labute approximate surface area is 136 Å². The molecule has 1 aliphatic heterocycles. The van der Waals surface area contributed by atoms with Gasteiger partial charge >= 0.3 is 5.97 Å². The van der Waals surface area contributed by atoms with Crippen LogP contribution in [0.25, 0.3) is 0 Å². The van der Waals surface area contributed by atoms with Crippen molar-refractivity contribution in [2.24, 2.45) is 23.5 Å². The van der Waals surface area contributed by atoms with E-state index >= 15 is 0 Å². The van der Waals surface area contributed by atoms with Gasteiger partial charge in [-0.15, -0.1) is 0 Å². The standard InChI is InChI=1S/C12H23N3O9/c1-23-24-12(21,22)8(19)11-5(7(18)14-9(13)15-11)3-4(6(11)17)10(3,20)2-16/h3-9,14-22H,2,13H2,1H3/t3-,4?,5?,6?,7-,8-,9-,10?,11+/m0/s1. The Morgan fingerprint density at radius 1 is 1.25 bits per heavy atom. The maximum Gasteiger partial charge on any atom is 0.335 e. The lowest BCUT2D eigenvalue weighted by molar-refractivity contribution is -0.507. The van der Waals surface area contributed by atoms with E-state index < -0.39 is 66.2 Å². The molecule has 0 bridgehead atoms. The van der Waals surface area contributed by atoms with Crippen LogP contribution < -0.4 is 16.4 Å². The fourth-order valence-electron chi connectivity index (χ4n) is 4.63. The zero-order valence-corrected chi connectivity index (χ0v) is 12.8. The van der Waals surface area contributed by atoms with Crippen molar-refractivity contribution >= 4 is 0 Å². The first-order valence-electron chi connectivity index (χ1n) is 7.41. The number of aliphatic hydroxyl groups is 7. The lowest BCUT2D eigenvalue weighted by Gasteiger charge is -2.54. The van der Waals surface area contributed by atoms with Crippen LogP contribution in [0.3, 0.4) is 0 Å². The van der Waals surface area contributed by atoms with Crippen molar-refractivity contribution in [3.63, 3.8) is 0 Å². The summed E-state index contributed by atoms with van der Waals surface area (Å²) in [4.78, 5) is 8.43. The van der Waals surface area contributed by atoms with Gasteiger partial charge in [0.1, 0.15) is 12.5 Å². The number of rotatable bonds is 5. The molecule has 1 heterocycles. The zero-order chi connectivity index (χ0) is 18.1. The van der Waals surface area contributed by atoms with Crippen molar-refractivity contribution in [3.8, 4) is 0 Å². The zero-order valence-electron chi connectivity index (χ0n) is 12.8. The third kappa shape index (κ3) is 2.11. The molecule has 12 heteroatoms. The van der Waals surface area contributed by atoms with Crippen LogP contribution in [0.15, 0.2) is 0 Å². The Morgan fingerprint density at radius 2 is 1.88 bits per heavy atom. The first-order valence-corrected chi connectivity index (χ1v) is 7.41. The normalized spacial score (nSPS) is 51.9. The Kier molecular flexibility index (Phi) is 4.20. The van der Waals surface area contributed by atoms with E-state index in [1.807, 2.05) is 0 Å². The molecular formula is C12H23N3O9. The summed E-state index contributed by atoms with van der Waals surface area (Å²) in [6.07, 6.45) is -6.33. The highest BCUT2D eigenvalue weighted by Gasteiger charge is 2.84. The molecule has 2 saturated carbocycles. The molecule has 1 saturated heterocycles. The van der Waals surface area contributed by atoms with E-state index in [0.29, 0.717) is 0 Å². The second-order valence-electron chi connectivity index (χ2n) is 6.65. The van der Waals surface area contributed by atoms with Gasteiger partial charge in [-0.05, 0) is 0 Å². The van der Waals surface area contributed by atoms with Gasteiger partial charge in [0.05, 0.1) is 31.0 Å². The summed E-state index contributed by atoms with van der Waals surface area (Å²) in [5, 5.41) is 76.2. The molecular weight excluding hydrogens is 330 g/mol. The van der Waals surface area contributed by atoms with Gasteiger partial charge in [-0.25, -0.2) is 4.89 Å². The smallest absolute Gasteiger partial charge is 0.335 e. The minimum absolute atomic E-state index is 0.668. The van der Waals surface area contributed by atoms with Crippen molar-refractivity contribution in [1.29, 1.82) is 0 Å². The molecule has 140 valence electrons. The quantitative estimate of drug-likeness (QED) is 0.127. The number of fused-ring (bicyclic) bond motifs is 3. The maximum atomic E-state index is 10.7. The van der Waals surface area contributed by atoms with E-state index in [1.54, 1.807) is 0 Å². The second-order valence-corrected chi connectivity index (χ2v) is 6.65. The summed E-state index contributed by atoms with van der Waals surface area (Å²) in [6.45, 7) is -0.668. The Bertz CT molecular complexity index is 510.